The highest BCUT2D eigenvalue weighted by molar-refractivity contribution is 6.30. The molecule has 0 bridgehead atoms. The van der Waals surface area contributed by atoms with E-state index >= 15 is 0 Å². The molecular formula is C16H16ClF2N. The highest BCUT2D eigenvalue weighted by Gasteiger charge is 2.17. The Hall–Kier alpha value is -1.45. The smallest absolute Gasteiger partial charge is 0.159 e. The molecule has 0 aliphatic carbocycles. The van der Waals surface area contributed by atoms with Gasteiger partial charge >= 0.3 is 0 Å². The van der Waals surface area contributed by atoms with Crippen LogP contribution in [0.5, 0.6) is 0 Å². The van der Waals surface area contributed by atoms with Crippen LogP contribution in [0.4, 0.5) is 8.78 Å². The number of hydrogen-bond donors (Lipinski definition) is 1. The molecular weight excluding hydrogens is 280 g/mol. The molecule has 0 aliphatic rings. The Morgan fingerprint density at radius 2 is 1.85 bits per heavy atom. The quantitative estimate of drug-likeness (QED) is 0.867. The van der Waals surface area contributed by atoms with Crippen LogP contribution in [0.15, 0.2) is 36.4 Å². The first-order valence-corrected chi connectivity index (χ1v) is 6.85. The number of nitrogens with one attached hydrogen (secondary N) is 1. The molecule has 1 unspecified atom stereocenters. The third-order valence-corrected chi connectivity index (χ3v) is 3.47. The molecule has 0 saturated carbocycles. The molecule has 0 spiro atoms. The molecule has 2 aromatic carbocycles. The van der Waals surface area contributed by atoms with Crippen LogP contribution in [-0.4, -0.2) is 6.54 Å². The van der Waals surface area contributed by atoms with Gasteiger partial charge in [-0.3, -0.25) is 0 Å². The lowest BCUT2D eigenvalue weighted by atomic mass is 9.95. The summed E-state index contributed by atoms with van der Waals surface area (Å²) in [5.74, 6) is -1.68. The first-order valence-electron chi connectivity index (χ1n) is 6.47. The zero-order valence-corrected chi connectivity index (χ0v) is 12.1. The van der Waals surface area contributed by atoms with E-state index in [1.807, 2.05) is 32.0 Å². The molecule has 2 rings (SSSR count). The Labute approximate surface area is 122 Å². The summed E-state index contributed by atoms with van der Waals surface area (Å²) >= 11 is 6.04. The summed E-state index contributed by atoms with van der Waals surface area (Å²) in [5.41, 5.74) is 2.69. The summed E-state index contributed by atoms with van der Waals surface area (Å²) in [5, 5.41) is 3.90. The van der Waals surface area contributed by atoms with Gasteiger partial charge in [0, 0.05) is 5.02 Å². The fourth-order valence-corrected chi connectivity index (χ4v) is 2.41. The molecule has 1 atom stereocenters. The fraction of sp³-hybridized carbons (Fsp3) is 0.250. The van der Waals surface area contributed by atoms with E-state index < -0.39 is 11.6 Å². The third-order valence-electron chi connectivity index (χ3n) is 3.24. The SMILES string of the molecule is CCNC(c1ccc(F)c(F)c1)c1cc(Cl)ccc1C. The van der Waals surface area contributed by atoms with Crippen LogP contribution < -0.4 is 5.32 Å². The summed E-state index contributed by atoms with van der Waals surface area (Å²) in [6.07, 6.45) is 0. The van der Waals surface area contributed by atoms with Crippen molar-refractivity contribution in [1.82, 2.24) is 5.32 Å². The van der Waals surface area contributed by atoms with E-state index in [1.165, 1.54) is 6.07 Å². The second kappa shape index (κ2) is 6.33. The van der Waals surface area contributed by atoms with Crippen molar-refractivity contribution in [3.8, 4) is 0 Å². The van der Waals surface area contributed by atoms with Crippen molar-refractivity contribution in [3.63, 3.8) is 0 Å². The zero-order chi connectivity index (χ0) is 14.7. The van der Waals surface area contributed by atoms with Gasteiger partial charge in [0.2, 0.25) is 0 Å². The van der Waals surface area contributed by atoms with E-state index in [4.69, 9.17) is 11.6 Å². The van der Waals surface area contributed by atoms with Crippen molar-refractivity contribution in [2.45, 2.75) is 19.9 Å². The van der Waals surface area contributed by atoms with Gasteiger partial charge < -0.3 is 5.32 Å². The molecule has 20 heavy (non-hydrogen) atoms. The Morgan fingerprint density at radius 1 is 1.10 bits per heavy atom. The Morgan fingerprint density at radius 3 is 2.50 bits per heavy atom. The number of halogens is 3. The van der Waals surface area contributed by atoms with Gasteiger partial charge in [-0.25, -0.2) is 8.78 Å². The molecule has 1 N–H and O–H groups in total. The maximum absolute atomic E-state index is 13.4. The molecule has 4 heteroatoms. The van der Waals surface area contributed by atoms with Crippen LogP contribution >= 0.6 is 11.6 Å². The van der Waals surface area contributed by atoms with Crippen LogP contribution in [0.1, 0.15) is 29.7 Å². The molecule has 106 valence electrons. The van der Waals surface area contributed by atoms with Crippen molar-refractivity contribution < 1.29 is 8.78 Å². The van der Waals surface area contributed by atoms with Crippen LogP contribution in [0.25, 0.3) is 0 Å². The average Bonchev–Trinajstić information content (AvgIpc) is 2.42. The maximum atomic E-state index is 13.4. The van der Waals surface area contributed by atoms with Gasteiger partial charge in [-0.15, -0.1) is 0 Å². The number of benzene rings is 2. The molecule has 0 amide bonds. The molecule has 0 saturated heterocycles. The van der Waals surface area contributed by atoms with E-state index in [2.05, 4.69) is 5.32 Å². The van der Waals surface area contributed by atoms with Crippen LogP contribution in [-0.2, 0) is 0 Å². The number of rotatable bonds is 4. The maximum Gasteiger partial charge on any atom is 0.159 e. The first kappa shape index (κ1) is 14.9. The normalized spacial score (nSPS) is 12.4. The van der Waals surface area contributed by atoms with E-state index in [1.54, 1.807) is 6.07 Å². The van der Waals surface area contributed by atoms with Gasteiger partial charge in [-0.2, -0.15) is 0 Å². The standard InChI is InChI=1S/C16H16ClF2N/c1-3-20-16(11-5-7-14(18)15(19)8-11)13-9-12(17)6-4-10(13)2/h4-9,16,20H,3H2,1-2H3. The van der Waals surface area contributed by atoms with Gasteiger partial charge in [-0.05, 0) is 54.4 Å². The first-order chi connectivity index (χ1) is 9.52. The van der Waals surface area contributed by atoms with E-state index in [0.717, 1.165) is 17.2 Å². The number of hydrogen-bond acceptors (Lipinski definition) is 1. The van der Waals surface area contributed by atoms with Gasteiger partial charge in [0.05, 0.1) is 6.04 Å². The molecule has 0 fully saturated rings. The molecule has 0 aromatic heterocycles. The van der Waals surface area contributed by atoms with Gasteiger partial charge in [0.25, 0.3) is 0 Å². The van der Waals surface area contributed by atoms with Crippen LogP contribution in [0.3, 0.4) is 0 Å². The van der Waals surface area contributed by atoms with E-state index in [0.29, 0.717) is 17.1 Å². The molecule has 0 heterocycles. The van der Waals surface area contributed by atoms with Gasteiger partial charge in [-0.1, -0.05) is 30.7 Å². The van der Waals surface area contributed by atoms with Crippen molar-refractivity contribution >= 4 is 11.6 Å². The summed E-state index contributed by atoms with van der Waals surface area (Å²) in [6.45, 7) is 4.64. The van der Waals surface area contributed by atoms with Crippen molar-refractivity contribution in [3.05, 3.63) is 69.7 Å². The largest absolute Gasteiger partial charge is 0.307 e. The summed E-state index contributed by atoms with van der Waals surface area (Å²) in [7, 11) is 0. The van der Waals surface area contributed by atoms with Crippen molar-refractivity contribution in [1.29, 1.82) is 0 Å². The molecule has 2 aromatic rings. The minimum Gasteiger partial charge on any atom is -0.307 e. The van der Waals surface area contributed by atoms with Crippen LogP contribution in [0.2, 0.25) is 5.02 Å². The lowest BCUT2D eigenvalue weighted by molar-refractivity contribution is 0.504. The minimum absolute atomic E-state index is 0.214. The van der Waals surface area contributed by atoms with E-state index in [9.17, 15) is 8.78 Å². The lowest BCUT2D eigenvalue weighted by Crippen LogP contribution is -2.23. The van der Waals surface area contributed by atoms with Crippen molar-refractivity contribution in [2.75, 3.05) is 6.54 Å². The molecule has 1 nitrogen and oxygen atoms in total. The minimum atomic E-state index is -0.843. The highest BCUT2D eigenvalue weighted by Crippen LogP contribution is 2.28. The monoisotopic (exact) mass is 295 g/mol. The fourth-order valence-electron chi connectivity index (χ4n) is 2.23. The van der Waals surface area contributed by atoms with E-state index in [-0.39, 0.29) is 6.04 Å². The topological polar surface area (TPSA) is 12.0 Å². The predicted molar refractivity (Wildman–Crippen MR) is 78.1 cm³/mol. The van der Waals surface area contributed by atoms with Gasteiger partial charge in [0.15, 0.2) is 11.6 Å². The second-order valence-electron chi connectivity index (χ2n) is 4.67. The second-order valence-corrected chi connectivity index (χ2v) is 5.10. The summed E-state index contributed by atoms with van der Waals surface area (Å²) < 4.78 is 26.5. The summed E-state index contributed by atoms with van der Waals surface area (Å²) in [6, 6.07) is 9.33. The summed E-state index contributed by atoms with van der Waals surface area (Å²) in [4.78, 5) is 0. The van der Waals surface area contributed by atoms with Crippen molar-refractivity contribution in [2.24, 2.45) is 0 Å². The predicted octanol–water partition coefficient (Wildman–Crippen LogP) is 4.63. The Bertz CT molecular complexity index is 613. The highest BCUT2D eigenvalue weighted by atomic mass is 35.5. The van der Waals surface area contributed by atoms with Gasteiger partial charge in [0.1, 0.15) is 0 Å². The molecule has 0 radical (unpaired) electrons. The average molecular weight is 296 g/mol. The molecule has 0 aliphatic heterocycles. The van der Waals surface area contributed by atoms with Crippen LogP contribution in [0, 0.1) is 18.6 Å². The lowest BCUT2D eigenvalue weighted by Gasteiger charge is -2.21. The Balaban J connectivity index is 2.49. The zero-order valence-electron chi connectivity index (χ0n) is 11.4. The number of aryl methyl sites for hydroxylation is 1. The Kier molecular flexibility index (Phi) is 4.73. The third kappa shape index (κ3) is 3.17.